The molecule has 0 N–H and O–H groups in total. The fraction of sp³-hybridized carbons (Fsp3) is 0.308. The van der Waals surface area contributed by atoms with Crippen LogP contribution in [0.4, 0.5) is 0 Å². The maximum Gasteiger partial charge on any atom is 0.108 e. The second kappa shape index (κ2) is 25.8. The van der Waals surface area contributed by atoms with E-state index in [1.165, 1.54) is 22.3 Å². The molecule has 0 radical (unpaired) electrons. The third-order valence-electron chi connectivity index (χ3n) is 10.3. The van der Waals surface area contributed by atoms with Gasteiger partial charge in [-0.3, -0.25) is 9.80 Å². The van der Waals surface area contributed by atoms with Gasteiger partial charge in [-0.2, -0.15) is 0 Å². The molecule has 1 unspecified atom stereocenters. The van der Waals surface area contributed by atoms with Gasteiger partial charge in [0.15, 0.2) is 0 Å². The van der Waals surface area contributed by atoms with Crippen molar-refractivity contribution >= 4 is 11.6 Å². The molecule has 0 heterocycles. The van der Waals surface area contributed by atoms with Gasteiger partial charge >= 0.3 is 0 Å². The van der Waals surface area contributed by atoms with E-state index in [2.05, 4.69) is 155 Å². The van der Waals surface area contributed by atoms with E-state index in [1.54, 1.807) is 0 Å². The van der Waals surface area contributed by atoms with E-state index >= 15 is 0 Å². The van der Waals surface area contributed by atoms with Crippen LogP contribution in [0.3, 0.4) is 0 Å². The van der Waals surface area contributed by atoms with Crippen LogP contribution in [-0.2, 0) is 32.0 Å². The van der Waals surface area contributed by atoms with Gasteiger partial charge in [-0.25, -0.2) is 0 Å². The first-order chi connectivity index (χ1) is 29.2. The summed E-state index contributed by atoms with van der Waals surface area (Å²) in [6.45, 7) is 8.95. The quantitative estimate of drug-likeness (QED) is 0.0483. The van der Waals surface area contributed by atoms with Crippen molar-refractivity contribution in [2.24, 2.45) is 0 Å². The monoisotopic (exact) mass is 810 g/mol. The molecule has 308 valence electrons. The van der Waals surface area contributed by atoms with Gasteiger partial charge in [0.2, 0.25) is 0 Å². The van der Waals surface area contributed by atoms with Crippen molar-refractivity contribution in [2.75, 3.05) is 65.8 Å². The van der Waals surface area contributed by atoms with Gasteiger partial charge in [0, 0.05) is 57.5 Å². The maximum atomic E-state index is 6.53. The van der Waals surface area contributed by atoms with Crippen molar-refractivity contribution in [3.8, 4) is 0 Å². The molecule has 0 aromatic heterocycles. The molecule has 0 spiro atoms. The molecule has 0 aliphatic rings. The molecule has 0 aliphatic carbocycles. The smallest absolute Gasteiger partial charge is 0.108 e. The predicted molar refractivity (Wildman–Crippen MR) is 241 cm³/mol. The van der Waals surface area contributed by atoms with Gasteiger partial charge in [0.05, 0.1) is 26.4 Å². The van der Waals surface area contributed by atoms with E-state index in [0.717, 1.165) is 68.3 Å². The Morgan fingerprint density at radius 1 is 0.356 bits per heavy atom. The highest BCUT2D eigenvalue weighted by Gasteiger charge is 2.17. The molecule has 6 aromatic carbocycles. The van der Waals surface area contributed by atoms with E-state index in [-0.39, 0.29) is 12.2 Å². The van der Waals surface area contributed by atoms with Gasteiger partial charge < -0.3 is 18.9 Å². The number of hydrogen-bond donors (Lipinski definition) is 0. The maximum absolute atomic E-state index is 6.53. The van der Waals surface area contributed by atoms with Crippen LogP contribution in [0.25, 0.3) is 0 Å². The topological polar surface area (TPSA) is 43.4 Å². The zero-order valence-corrected chi connectivity index (χ0v) is 35.0. The molecule has 0 fully saturated rings. The SMILES string of the molecule is Clc1ccc(C(OCCCN(CCOCCOCCN(CCCOC(c2ccccc2)c2ccccc2)Cc2ccccc2)Cc2ccccc2)c2ccccc2)cc1. The molecule has 1 atom stereocenters. The van der Waals surface area contributed by atoms with Gasteiger partial charge in [-0.05, 0) is 58.4 Å². The number of rotatable bonds is 27. The van der Waals surface area contributed by atoms with Crippen LogP contribution >= 0.6 is 11.6 Å². The van der Waals surface area contributed by atoms with Crippen LogP contribution in [-0.4, -0.2) is 75.6 Å². The van der Waals surface area contributed by atoms with E-state index < -0.39 is 0 Å². The van der Waals surface area contributed by atoms with Gasteiger partial charge in [-0.1, -0.05) is 175 Å². The van der Waals surface area contributed by atoms with Crippen LogP contribution in [0, 0.1) is 0 Å². The van der Waals surface area contributed by atoms with Crippen molar-refractivity contribution in [1.29, 1.82) is 0 Å². The molecule has 0 saturated carbocycles. The summed E-state index contributed by atoms with van der Waals surface area (Å²) in [6.07, 6.45) is 1.60. The normalized spacial score (nSPS) is 12.1. The van der Waals surface area contributed by atoms with Gasteiger partial charge in [0.1, 0.15) is 12.2 Å². The zero-order valence-electron chi connectivity index (χ0n) is 34.2. The molecule has 0 bridgehead atoms. The van der Waals surface area contributed by atoms with Crippen molar-refractivity contribution in [2.45, 2.75) is 38.1 Å². The van der Waals surface area contributed by atoms with Gasteiger partial charge in [-0.15, -0.1) is 0 Å². The predicted octanol–water partition coefficient (Wildman–Crippen LogP) is 11.1. The van der Waals surface area contributed by atoms with Crippen LogP contribution in [0.1, 0.15) is 58.4 Å². The summed E-state index contributed by atoms with van der Waals surface area (Å²) in [5.41, 5.74) is 7.17. The molecule has 0 aliphatic heterocycles. The Hall–Kier alpha value is -4.63. The molecule has 7 heteroatoms. The van der Waals surface area contributed by atoms with Crippen LogP contribution in [0.5, 0.6) is 0 Å². The van der Waals surface area contributed by atoms with Gasteiger partial charge in [0.25, 0.3) is 0 Å². The largest absolute Gasteiger partial charge is 0.378 e. The summed E-state index contributed by atoms with van der Waals surface area (Å²) in [6, 6.07) is 60.6. The fourth-order valence-corrected chi connectivity index (χ4v) is 7.33. The summed E-state index contributed by atoms with van der Waals surface area (Å²) in [5.74, 6) is 0. The molecule has 0 amide bonds. The summed E-state index contributed by atoms with van der Waals surface area (Å²) < 4.78 is 25.3. The lowest BCUT2D eigenvalue weighted by atomic mass is 10.0. The second-order valence-electron chi connectivity index (χ2n) is 14.7. The average Bonchev–Trinajstić information content (AvgIpc) is 3.29. The van der Waals surface area contributed by atoms with Crippen molar-refractivity contribution < 1.29 is 18.9 Å². The third kappa shape index (κ3) is 15.8. The lowest BCUT2D eigenvalue weighted by Crippen LogP contribution is -2.30. The van der Waals surface area contributed by atoms with E-state index in [0.29, 0.717) is 39.6 Å². The first kappa shape index (κ1) is 43.9. The summed E-state index contributed by atoms with van der Waals surface area (Å²) in [7, 11) is 0. The third-order valence-corrected chi connectivity index (χ3v) is 10.5. The molecule has 6 nitrogen and oxygen atoms in total. The molecule has 6 rings (SSSR count). The molecular formula is C52H59ClN2O4. The first-order valence-corrected chi connectivity index (χ1v) is 21.4. The molecular weight excluding hydrogens is 752 g/mol. The van der Waals surface area contributed by atoms with E-state index in [1.807, 2.05) is 30.3 Å². The Bertz CT molecular complexity index is 1920. The van der Waals surface area contributed by atoms with Crippen LogP contribution < -0.4 is 0 Å². The number of ether oxygens (including phenoxy) is 4. The number of hydrogen-bond acceptors (Lipinski definition) is 6. The molecule has 6 aromatic rings. The summed E-state index contributed by atoms with van der Waals surface area (Å²) in [5, 5.41) is 0.723. The van der Waals surface area contributed by atoms with E-state index in [9.17, 15) is 0 Å². The summed E-state index contributed by atoms with van der Waals surface area (Å²) in [4.78, 5) is 4.91. The van der Waals surface area contributed by atoms with Crippen molar-refractivity contribution in [3.05, 3.63) is 214 Å². The second-order valence-corrected chi connectivity index (χ2v) is 15.2. The zero-order chi connectivity index (χ0) is 40.6. The molecule has 59 heavy (non-hydrogen) atoms. The lowest BCUT2D eigenvalue weighted by Gasteiger charge is -2.24. The highest BCUT2D eigenvalue weighted by atomic mass is 35.5. The lowest BCUT2D eigenvalue weighted by molar-refractivity contribution is 0.0255. The Balaban J connectivity index is 0.918. The van der Waals surface area contributed by atoms with Crippen molar-refractivity contribution in [1.82, 2.24) is 9.80 Å². The summed E-state index contributed by atoms with van der Waals surface area (Å²) >= 11 is 6.20. The van der Waals surface area contributed by atoms with Crippen LogP contribution in [0.15, 0.2) is 176 Å². The van der Waals surface area contributed by atoms with E-state index in [4.69, 9.17) is 30.5 Å². The minimum Gasteiger partial charge on any atom is -0.378 e. The standard InChI is InChI=1S/C52H59ClN2O4/c53-50-30-28-49(29-31-50)52(48-26-14-5-15-27-48)59-37-17-33-55(43-45-20-8-2-9-21-45)35-39-57-41-40-56-38-34-54(42-44-18-6-1-7-19-44)32-16-36-58-51(46-22-10-3-11-23-46)47-24-12-4-13-25-47/h1-15,18-31,51-52H,16-17,32-43H2. The highest BCUT2D eigenvalue weighted by molar-refractivity contribution is 6.30. The average molecular weight is 812 g/mol. The Kier molecular flexibility index (Phi) is 19.2. The van der Waals surface area contributed by atoms with Crippen LogP contribution in [0.2, 0.25) is 5.02 Å². The Morgan fingerprint density at radius 3 is 1.07 bits per heavy atom. The minimum atomic E-state index is -0.142. The number of halogens is 1. The molecule has 0 saturated heterocycles. The first-order valence-electron chi connectivity index (χ1n) is 21.0. The van der Waals surface area contributed by atoms with Crippen molar-refractivity contribution in [3.63, 3.8) is 0 Å². The highest BCUT2D eigenvalue weighted by Crippen LogP contribution is 2.28. The Labute approximate surface area is 357 Å². The fourth-order valence-electron chi connectivity index (χ4n) is 7.20. The Morgan fingerprint density at radius 2 is 0.695 bits per heavy atom. The number of benzene rings is 6. The minimum absolute atomic E-state index is 0.0822. The number of nitrogens with zero attached hydrogens (tertiary/aromatic N) is 2.